The number of likely N-dealkylation sites (tertiary alicyclic amines) is 1. The van der Waals surface area contributed by atoms with Crippen molar-refractivity contribution in [2.75, 3.05) is 18.4 Å². The molecule has 0 atom stereocenters. The molecule has 7 heteroatoms. The summed E-state index contributed by atoms with van der Waals surface area (Å²) < 4.78 is 6.37. The van der Waals surface area contributed by atoms with Crippen LogP contribution in [0.2, 0.25) is 0 Å². The zero-order chi connectivity index (χ0) is 20.1. The Morgan fingerprint density at radius 1 is 1.00 bits per heavy atom. The predicted molar refractivity (Wildman–Crippen MR) is 109 cm³/mol. The van der Waals surface area contributed by atoms with Crippen LogP contribution in [0.1, 0.15) is 30.1 Å². The number of anilines is 1. The molecule has 0 unspecified atom stereocenters. The Hall–Kier alpha value is -2.67. The van der Waals surface area contributed by atoms with E-state index in [0.29, 0.717) is 42.9 Å². The normalized spacial score (nSPS) is 14.4. The first-order chi connectivity index (χ1) is 13.4. The average molecular weight is 445 g/mol. The van der Waals surface area contributed by atoms with Crippen LogP contribution in [-0.4, -0.2) is 35.8 Å². The molecule has 1 fully saturated rings. The van der Waals surface area contributed by atoms with E-state index in [1.165, 1.54) is 6.92 Å². The summed E-state index contributed by atoms with van der Waals surface area (Å²) in [5, 5.41) is 2.66. The number of nitrogens with zero attached hydrogens (tertiary/aromatic N) is 1. The van der Waals surface area contributed by atoms with Gasteiger partial charge in [0.15, 0.2) is 0 Å². The highest BCUT2D eigenvalue weighted by molar-refractivity contribution is 9.10. The van der Waals surface area contributed by atoms with E-state index in [-0.39, 0.29) is 23.7 Å². The van der Waals surface area contributed by atoms with Gasteiger partial charge in [0.2, 0.25) is 5.91 Å². The van der Waals surface area contributed by atoms with Gasteiger partial charge in [-0.1, -0.05) is 15.9 Å². The van der Waals surface area contributed by atoms with Gasteiger partial charge >= 0.3 is 5.97 Å². The molecule has 0 spiro atoms. The second-order valence-corrected chi connectivity index (χ2v) is 7.62. The Kier molecular flexibility index (Phi) is 6.46. The number of benzene rings is 2. The van der Waals surface area contributed by atoms with Gasteiger partial charge in [-0.05, 0) is 61.4 Å². The lowest BCUT2D eigenvalue weighted by Crippen LogP contribution is -2.41. The summed E-state index contributed by atoms with van der Waals surface area (Å²) >= 11 is 3.36. The minimum Gasteiger partial charge on any atom is -0.426 e. The van der Waals surface area contributed by atoms with Crippen molar-refractivity contribution in [2.45, 2.75) is 19.8 Å². The smallest absolute Gasteiger partial charge is 0.314 e. The summed E-state index contributed by atoms with van der Waals surface area (Å²) in [6, 6.07) is 13.9. The first kappa shape index (κ1) is 20.1. The average Bonchev–Trinajstić information content (AvgIpc) is 2.69. The van der Waals surface area contributed by atoms with Gasteiger partial charge in [-0.2, -0.15) is 0 Å². The lowest BCUT2D eigenvalue weighted by Gasteiger charge is -2.31. The number of ether oxygens (including phenoxy) is 1. The zero-order valence-electron chi connectivity index (χ0n) is 15.5. The number of hydrogen-bond acceptors (Lipinski definition) is 4. The highest BCUT2D eigenvalue weighted by Gasteiger charge is 2.29. The van der Waals surface area contributed by atoms with E-state index >= 15 is 0 Å². The van der Waals surface area contributed by atoms with Crippen LogP contribution in [-0.2, 0) is 9.59 Å². The summed E-state index contributed by atoms with van der Waals surface area (Å²) in [7, 11) is 0. The highest BCUT2D eigenvalue weighted by atomic mass is 79.9. The van der Waals surface area contributed by atoms with Gasteiger partial charge in [0, 0.05) is 35.7 Å². The monoisotopic (exact) mass is 444 g/mol. The second kappa shape index (κ2) is 9.01. The molecule has 0 radical (unpaired) electrons. The molecule has 2 aromatic rings. The van der Waals surface area contributed by atoms with Crippen molar-refractivity contribution in [3.8, 4) is 5.75 Å². The Morgan fingerprint density at radius 2 is 1.61 bits per heavy atom. The summed E-state index contributed by atoms with van der Waals surface area (Å²) in [6.45, 7) is 2.48. The van der Waals surface area contributed by atoms with Gasteiger partial charge in [-0.15, -0.1) is 0 Å². The SMILES string of the molecule is CC(=O)Nc1ccc(OC(=O)C2CCN(C(=O)c3ccc(Br)cc3)CC2)cc1. The largest absolute Gasteiger partial charge is 0.426 e. The summed E-state index contributed by atoms with van der Waals surface area (Å²) in [4.78, 5) is 37.8. The maximum Gasteiger partial charge on any atom is 0.314 e. The molecule has 1 aliphatic rings. The zero-order valence-corrected chi connectivity index (χ0v) is 17.1. The minimum atomic E-state index is -0.289. The Balaban J connectivity index is 1.51. The molecule has 1 N–H and O–H groups in total. The van der Waals surface area contributed by atoms with Crippen LogP contribution >= 0.6 is 15.9 Å². The van der Waals surface area contributed by atoms with E-state index in [1.807, 2.05) is 12.1 Å². The molecule has 1 heterocycles. The molecule has 0 saturated carbocycles. The molecule has 1 aliphatic heterocycles. The number of carbonyl (C=O) groups excluding carboxylic acids is 3. The molecule has 6 nitrogen and oxygen atoms in total. The van der Waals surface area contributed by atoms with E-state index < -0.39 is 0 Å². The number of halogens is 1. The lowest BCUT2D eigenvalue weighted by atomic mass is 9.96. The van der Waals surface area contributed by atoms with Gasteiger partial charge in [-0.25, -0.2) is 0 Å². The molecular weight excluding hydrogens is 424 g/mol. The number of piperidine rings is 1. The van der Waals surface area contributed by atoms with Crippen LogP contribution in [0.4, 0.5) is 5.69 Å². The van der Waals surface area contributed by atoms with Gasteiger partial charge in [0.1, 0.15) is 5.75 Å². The predicted octanol–water partition coefficient (Wildman–Crippen LogP) is 3.87. The highest BCUT2D eigenvalue weighted by Crippen LogP contribution is 2.23. The van der Waals surface area contributed by atoms with Crippen molar-refractivity contribution in [1.29, 1.82) is 0 Å². The quantitative estimate of drug-likeness (QED) is 0.573. The maximum absolute atomic E-state index is 12.6. The fourth-order valence-corrected chi connectivity index (χ4v) is 3.37. The molecular formula is C21H21BrN2O4. The Bertz CT molecular complexity index is 857. The molecule has 3 rings (SSSR count). The third kappa shape index (κ3) is 5.19. The van der Waals surface area contributed by atoms with E-state index in [1.54, 1.807) is 41.3 Å². The minimum absolute atomic E-state index is 0.0205. The first-order valence-corrected chi connectivity index (χ1v) is 9.86. The van der Waals surface area contributed by atoms with Crippen molar-refractivity contribution in [1.82, 2.24) is 4.90 Å². The fraction of sp³-hybridized carbons (Fsp3) is 0.286. The Labute approximate surface area is 172 Å². The van der Waals surface area contributed by atoms with Crippen LogP contribution in [0.25, 0.3) is 0 Å². The third-order valence-corrected chi connectivity index (χ3v) is 5.13. The van der Waals surface area contributed by atoms with E-state index in [2.05, 4.69) is 21.2 Å². The third-order valence-electron chi connectivity index (χ3n) is 4.60. The van der Waals surface area contributed by atoms with Gasteiger partial charge in [0.05, 0.1) is 5.92 Å². The Morgan fingerprint density at radius 3 is 2.18 bits per heavy atom. The molecule has 146 valence electrons. The summed E-state index contributed by atoms with van der Waals surface area (Å²) in [6.07, 6.45) is 1.15. The van der Waals surface area contributed by atoms with Crippen molar-refractivity contribution in [2.24, 2.45) is 5.92 Å². The number of hydrogen-bond donors (Lipinski definition) is 1. The molecule has 1 saturated heterocycles. The molecule has 2 amide bonds. The van der Waals surface area contributed by atoms with Gasteiger partial charge < -0.3 is 15.0 Å². The van der Waals surface area contributed by atoms with Crippen molar-refractivity contribution < 1.29 is 19.1 Å². The summed E-state index contributed by atoms with van der Waals surface area (Å²) in [5.74, 6) is -0.262. The second-order valence-electron chi connectivity index (χ2n) is 6.70. The fourth-order valence-electron chi connectivity index (χ4n) is 3.10. The molecule has 0 aliphatic carbocycles. The van der Waals surface area contributed by atoms with E-state index in [9.17, 15) is 14.4 Å². The van der Waals surface area contributed by atoms with Crippen LogP contribution in [0.15, 0.2) is 53.0 Å². The topological polar surface area (TPSA) is 75.7 Å². The standard InChI is InChI=1S/C21H21BrN2O4/c1-14(25)23-18-6-8-19(9-7-18)28-21(27)16-10-12-24(13-11-16)20(26)15-2-4-17(22)5-3-15/h2-9,16H,10-13H2,1H3,(H,23,25). The number of rotatable bonds is 4. The lowest BCUT2D eigenvalue weighted by molar-refractivity contribution is -0.140. The molecule has 0 aromatic heterocycles. The van der Waals surface area contributed by atoms with Crippen molar-refractivity contribution >= 4 is 39.4 Å². The van der Waals surface area contributed by atoms with Gasteiger partial charge in [-0.3, -0.25) is 14.4 Å². The van der Waals surface area contributed by atoms with E-state index in [4.69, 9.17) is 4.74 Å². The molecule has 0 bridgehead atoms. The van der Waals surface area contributed by atoms with Crippen LogP contribution < -0.4 is 10.1 Å². The number of esters is 1. The van der Waals surface area contributed by atoms with Crippen LogP contribution in [0, 0.1) is 5.92 Å². The first-order valence-electron chi connectivity index (χ1n) is 9.06. The van der Waals surface area contributed by atoms with Crippen molar-refractivity contribution in [3.05, 3.63) is 58.6 Å². The number of carbonyl (C=O) groups is 3. The maximum atomic E-state index is 12.6. The summed E-state index contributed by atoms with van der Waals surface area (Å²) in [5.41, 5.74) is 1.29. The number of nitrogens with one attached hydrogen (secondary N) is 1. The van der Waals surface area contributed by atoms with E-state index in [0.717, 1.165) is 4.47 Å². The molecule has 2 aromatic carbocycles. The molecule has 28 heavy (non-hydrogen) atoms. The van der Waals surface area contributed by atoms with Crippen molar-refractivity contribution in [3.63, 3.8) is 0 Å². The van der Waals surface area contributed by atoms with Crippen LogP contribution in [0.3, 0.4) is 0 Å². The van der Waals surface area contributed by atoms with Crippen LogP contribution in [0.5, 0.6) is 5.75 Å². The number of amides is 2. The van der Waals surface area contributed by atoms with Gasteiger partial charge in [0.25, 0.3) is 5.91 Å².